The molecule has 1 aliphatic rings. The summed E-state index contributed by atoms with van der Waals surface area (Å²) in [6, 6.07) is 7.87. The van der Waals surface area contributed by atoms with Gasteiger partial charge in [-0.3, -0.25) is 4.98 Å². The molecule has 2 aromatic rings. The van der Waals surface area contributed by atoms with Gasteiger partial charge in [-0.1, -0.05) is 0 Å². The van der Waals surface area contributed by atoms with Crippen molar-refractivity contribution in [1.82, 2.24) is 10.3 Å². The zero-order valence-electron chi connectivity index (χ0n) is 12.8. The number of nitrogens with one attached hydrogen (secondary N) is 2. The predicted octanol–water partition coefficient (Wildman–Crippen LogP) is 2.43. The smallest absolute Gasteiger partial charge is 0.339 e. The molecule has 1 aliphatic heterocycles. The molecule has 1 aromatic carbocycles. The summed E-state index contributed by atoms with van der Waals surface area (Å²) in [4.78, 5) is 16.1. The maximum atomic E-state index is 11.8. The van der Waals surface area contributed by atoms with Crippen molar-refractivity contribution < 1.29 is 9.53 Å². The molecule has 0 radical (unpaired) electrons. The van der Waals surface area contributed by atoms with E-state index in [0.29, 0.717) is 18.1 Å². The van der Waals surface area contributed by atoms with E-state index in [4.69, 9.17) is 4.74 Å². The normalized spacial score (nSPS) is 17.6. The summed E-state index contributed by atoms with van der Waals surface area (Å²) in [5.41, 5.74) is 2.43. The first-order chi connectivity index (χ1) is 10.8. The van der Waals surface area contributed by atoms with E-state index in [0.717, 1.165) is 36.2 Å². The summed E-state index contributed by atoms with van der Waals surface area (Å²) < 4.78 is 5.02. The second-order valence-corrected chi connectivity index (χ2v) is 5.59. The lowest BCUT2D eigenvalue weighted by molar-refractivity contribution is 0.0526. The van der Waals surface area contributed by atoms with Crippen LogP contribution in [-0.2, 0) is 4.74 Å². The molecule has 5 nitrogen and oxygen atoms in total. The van der Waals surface area contributed by atoms with Crippen molar-refractivity contribution in [3.8, 4) is 0 Å². The highest BCUT2D eigenvalue weighted by Gasteiger charge is 2.14. The quantitative estimate of drug-likeness (QED) is 0.830. The number of carbonyl (C=O) groups is 1. The summed E-state index contributed by atoms with van der Waals surface area (Å²) in [5.74, 6) is 0.354. The van der Waals surface area contributed by atoms with Gasteiger partial charge in [-0.2, -0.15) is 0 Å². The molecule has 1 aromatic heterocycles. The third-order valence-corrected chi connectivity index (χ3v) is 3.95. The molecule has 1 saturated heterocycles. The molecule has 1 unspecified atom stereocenters. The van der Waals surface area contributed by atoms with Gasteiger partial charge in [-0.05, 0) is 56.6 Å². The van der Waals surface area contributed by atoms with Gasteiger partial charge in [-0.25, -0.2) is 4.79 Å². The predicted molar refractivity (Wildman–Crippen MR) is 87.2 cm³/mol. The Morgan fingerprint density at radius 2 is 2.36 bits per heavy atom. The van der Waals surface area contributed by atoms with Crippen molar-refractivity contribution in [2.75, 3.05) is 31.6 Å². The van der Waals surface area contributed by atoms with Crippen LogP contribution in [0.3, 0.4) is 0 Å². The zero-order chi connectivity index (χ0) is 15.4. The second-order valence-electron chi connectivity index (χ2n) is 5.59. The van der Waals surface area contributed by atoms with Crippen LogP contribution in [0.1, 0.15) is 23.7 Å². The molecular formula is C17H21N3O2. The number of pyridine rings is 1. The molecule has 0 bridgehead atoms. The topological polar surface area (TPSA) is 63.2 Å². The van der Waals surface area contributed by atoms with Crippen molar-refractivity contribution in [2.45, 2.75) is 13.3 Å². The number of rotatable bonds is 5. The van der Waals surface area contributed by atoms with E-state index in [1.165, 1.54) is 6.42 Å². The molecule has 1 fully saturated rings. The Labute approximate surface area is 130 Å². The van der Waals surface area contributed by atoms with Gasteiger partial charge < -0.3 is 15.4 Å². The fraction of sp³-hybridized carbons (Fsp3) is 0.412. The first-order valence-electron chi connectivity index (χ1n) is 7.78. The largest absolute Gasteiger partial charge is 0.462 e. The Bertz CT molecular complexity index is 666. The lowest BCUT2D eigenvalue weighted by atomic mass is 10.1. The molecule has 0 amide bonds. The SMILES string of the molecule is CCOC(=O)c1cnc2ccc(NCC3CCNC3)cc2c1. The van der Waals surface area contributed by atoms with Gasteiger partial charge in [0.15, 0.2) is 0 Å². The minimum absolute atomic E-state index is 0.327. The number of aromatic nitrogens is 1. The van der Waals surface area contributed by atoms with E-state index in [1.807, 2.05) is 24.3 Å². The average molecular weight is 299 g/mol. The summed E-state index contributed by atoms with van der Waals surface area (Å²) in [6.45, 7) is 5.32. The Morgan fingerprint density at radius 3 is 3.14 bits per heavy atom. The number of hydrogen-bond donors (Lipinski definition) is 2. The van der Waals surface area contributed by atoms with Crippen molar-refractivity contribution in [3.63, 3.8) is 0 Å². The van der Waals surface area contributed by atoms with Crippen LogP contribution in [0.5, 0.6) is 0 Å². The van der Waals surface area contributed by atoms with Gasteiger partial charge in [0.25, 0.3) is 0 Å². The standard InChI is InChI=1S/C17H21N3O2/c1-2-22-17(21)14-7-13-8-15(3-4-16(13)20-11-14)19-10-12-5-6-18-9-12/h3-4,7-8,11-12,18-19H,2,5-6,9-10H2,1H3. The van der Waals surface area contributed by atoms with E-state index in [2.05, 4.69) is 15.6 Å². The van der Waals surface area contributed by atoms with Crippen LogP contribution in [0, 0.1) is 5.92 Å². The second kappa shape index (κ2) is 6.75. The van der Waals surface area contributed by atoms with E-state index in [1.54, 1.807) is 13.1 Å². The van der Waals surface area contributed by atoms with Crippen LogP contribution in [0.25, 0.3) is 10.9 Å². The first-order valence-corrected chi connectivity index (χ1v) is 7.78. The van der Waals surface area contributed by atoms with Gasteiger partial charge >= 0.3 is 5.97 Å². The van der Waals surface area contributed by atoms with E-state index >= 15 is 0 Å². The number of benzene rings is 1. The summed E-state index contributed by atoms with van der Waals surface area (Å²) in [7, 11) is 0. The highest BCUT2D eigenvalue weighted by molar-refractivity contribution is 5.94. The monoisotopic (exact) mass is 299 g/mol. The number of carbonyl (C=O) groups excluding carboxylic acids is 1. The van der Waals surface area contributed by atoms with Crippen molar-refractivity contribution in [3.05, 3.63) is 36.0 Å². The third kappa shape index (κ3) is 3.36. The highest BCUT2D eigenvalue weighted by Crippen LogP contribution is 2.20. The molecule has 3 rings (SSSR count). The molecule has 0 saturated carbocycles. The van der Waals surface area contributed by atoms with Crippen molar-refractivity contribution in [1.29, 1.82) is 0 Å². The van der Waals surface area contributed by atoms with Crippen LogP contribution in [0.2, 0.25) is 0 Å². The average Bonchev–Trinajstić information content (AvgIpc) is 3.06. The first kappa shape index (κ1) is 14.8. The molecule has 116 valence electrons. The Hall–Kier alpha value is -2.14. The Kier molecular flexibility index (Phi) is 4.53. The van der Waals surface area contributed by atoms with Gasteiger partial charge in [0.2, 0.25) is 0 Å². The summed E-state index contributed by atoms with van der Waals surface area (Å²) in [6.07, 6.45) is 2.78. The summed E-state index contributed by atoms with van der Waals surface area (Å²) in [5, 5.41) is 7.78. The fourth-order valence-electron chi connectivity index (χ4n) is 2.72. The van der Waals surface area contributed by atoms with Crippen LogP contribution in [0.4, 0.5) is 5.69 Å². The fourth-order valence-corrected chi connectivity index (χ4v) is 2.72. The number of esters is 1. The van der Waals surface area contributed by atoms with Crippen molar-refractivity contribution >= 4 is 22.6 Å². The maximum Gasteiger partial charge on any atom is 0.339 e. The molecule has 2 N–H and O–H groups in total. The molecule has 1 atom stereocenters. The van der Waals surface area contributed by atoms with Crippen LogP contribution in [-0.4, -0.2) is 37.2 Å². The summed E-state index contributed by atoms with van der Waals surface area (Å²) >= 11 is 0. The molecule has 5 heteroatoms. The minimum Gasteiger partial charge on any atom is -0.462 e. The zero-order valence-corrected chi connectivity index (χ0v) is 12.8. The molecule has 0 aliphatic carbocycles. The van der Waals surface area contributed by atoms with Gasteiger partial charge in [0.1, 0.15) is 0 Å². The maximum absolute atomic E-state index is 11.8. The van der Waals surface area contributed by atoms with Gasteiger partial charge in [0.05, 0.1) is 17.7 Å². The lowest BCUT2D eigenvalue weighted by Gasteiger charge is -2.12. The number of anilines is 1. The number of ether oxygens (including phenoxy) is 1. The van der Waals surface area contributed by atoms with Crippen LogP contribution >= 0.6 is 0 Å². The van der Waals surface area contributed by atoms with E-state index in [9.17, 15) is 4.79 Å². The minimum atomic E-state index is -0.327. The highest BCUT2D eigenvalue weighted by atomic mass is 16.5. The van der Waals surface area contributed by atoms with Gasteiger partial charge in [0, 0.05) is 23.8 Å². The third-order valence-electron chi connectivity index (χ3n) is 3.95. The van der Waals surface area contributed by atoms with E-state index < -0.39 is 0 Å². The van der Waals surface area contributed by atoms with Crippen LogP contribution in [0.15, 0.2) is 30.5 Å². The number of nitrogens with zero attached hydrogens (tertiary/aromatic N) is 1. The van der Waals surface area contributed by atoms with Crippen molar-refractivity contribution in [2.24, 2.45) is 5.92 Å². The molecule has 22 heavy (non-hydrogen) atoms. The Morgan fingerprint density at radius 1 is 1.45 bits per heavy atom. The van der Waals surface area contributed by atoms with Crippen LogP contribution < -0.4 is 10.6 Å². The van der Waals surface area contributed by atoms with Gasteiger partial charge in [-0.15, -0.1) is 0 Å². The molecular weight excluding hydrogens is 278 g/mol. The lowest BCUT2D eigenvalue weighted by Crippen LogP contribution is -2.17. The Balaban J connectivity index is 1.76. The number of hydrogen-bond acceptors (Lipinski definition) is 5. The van der Waals surface area contributed by atoms with E-state index in [-0.39, 0.29) is 5.97 Å². The molecule has 0 spiro atoms. The molecule has 2 heterocycles. The number of fused-ring (bicyclic) bond motifs is 1.